The summed E-state index contributed by atoms with van der Waals surface area (Å²) in [4.78, 5) is 11.4. The van der Waals surface area contributed by atoms with Crippen molar-refractivity contribution in [2.75, 3.05) is 13.1 Å². The van der Waals surface area contributed by atoms with Gasteiger partial charge in [-0.25, -0.2) is 4.79 Å². The molecule has 0 saturated carbocycles. The fourth-order valence-electron chi connectivity index (χ4n) is 1.35. The molecule has 0 fully saturated rings. The van der Waals surface area contributed by atoms with E-state index in [1.54, 1.807) is 0 Å². The van der Waals surface area contributed by atoms with E-state index in [2.05, 4.69) is 31.4 Å². The molecule has 0 rings (SSSR count). The number of urea groups is 1. The molecule has 4 N–H and O–H groups in total. The fraction of sp³-hybridized carbons (Fsp3) is 0.909. The number of hydrogen-bond donors (Lipinski definition) is 3. The summed E-state index contributed by atoms with van der Waals surface area (Å²) in [6.45, 7) is 7.64. The summed E-state index contributed by atoms with van der Waals surface area (Å²) in [7, 11) is 0. The zero-order chi connectivity index (χ0) is 11.7. The van der Waals surface area contributed by atoms with Crippen LogP contribution in [0.5, 0.6) is 0 Å². The molecule has 0 aromatic carbocycles. The topological polar surface area (TPSA) is 67.2 Å². The van der Waals surface area contributed by atoms with Gasteiger partial charge in [0.2, 0.25) is 0 Å². The van der Waals surface area contributed by atoms with Crippen molar-refractivity contribution in [3.8, 4) is 0 Å². The number of unbranched alkanes of at least 4 members (excludes halogenated alkanes) is 1. The summed E-state index contributed by atoms with van der Waals surface area (Å²) in [5.41, 5.74) is 5.49. The minimum absolute atomic E-state index is 0.0735. The third kappa shape index (κ3) is 7.19. The van der Waals surface area contributed by atoms with Crippen LogP contribution in [0, 0.1) is 5.92 Å². The first kappa shape index (κ1) is 14.2. The van der Waals surface area contributed by atoms with Crippen LogP contribution in [0.4, 0.5) is 4.79 Å². The normalized spacial score (nSPS) is 12.6. The summed E-state index contributed by atoms with van der Waals surface area (Å²) in [5, 5.41) is 5.78. The molecule has 0 aliphatic carbocycles. The van der Waals surface area contributed by atoms with E-state index < -0.39 is 0 Å². The molecule has 0 saturated heterocycles. The molecule has 0 aliphatic rings. The molecular weight excluding hydrogens is 190 g/mol. The van der Waals surface area contributed by atoms with Crippen molar-refractivity contribution in [3.05, 3.63) is 0 Å². The van der Waals surface area contributed by atoms with Gasteiger partial charge in [-0.3, -0.25) is 0 Å². The van der Waals surface area contributed by atoms with E-state index >= 15 is 0 Å². The Labute approximate surface area is 93.0 Å². The van der Waals surface area contributed by atoms with Gasteiger partial charge in [0.15, 0.2) is 0 Å². The van der Waals surface area contributed by atoms with Crippen LogP contribution < -0.4 is 16.4 Å². The molecule has 2 amide bonds. The molecule has 0 spiro atoms. The molecule has 0 radical (unpaired) electrons. The molecule has 1 unspecified atom stereocenters. The van der Waals surface area contributed by atoms with Crippen LogP contribution >= 0.6 is 0 Å². The Bertz CT molecular complexity index is 171. The van der Waals surface area contributed by atoms with E-state index in [1.165, 1.54) is 0 Å². The predicted molar refractivity (Wildman–Crippen MR) is 63.7 cm³/mol. The fourth-order valence-corrected chi connectivity index (χ4v) is 1.35. The highest BCUT2D eigenvalue weighted by Gasteiger charge is 2.14. The zero-order valence-electron chi connectivity index (χ0n) is 10.2. The Balaban J connectivity index is 3.78. The van der Waals surface area contributed by atoms with E-state index in [-0.39, 0.29) is 12.1 Å². The van der Waals surface area contributed by atoms with Crippen molar-refractivity contribution in [1.29, 1.82) is 0 Å². The quantitative estimate of drug-likeness (QED) is 0.563. The first-order valence-corrected chi connectivity index (χ1v) is 5.86. The molecular formula is C11H25N3O. The molecule has 0 aromatic rings. The number of rotatable bonds is 7. The Morgan fingerprint density at radius 2 is 2.07 bits per heavy atom. The summed E-state index contributed by atoms with van der Waals surface area (Å²) < 4.78 is 0. The lowest BCUT2D eigenvalue weighted by molar-refractivity contribution is 0.231. The summed E-state index contributed by atoms with van der Waals surface area (Å²) in [6, 6.07) is 0.104. The molecule has 0 aromatic heterocycles. The molecule has 0 bridgehead atoms. The van der Waals surface area contributed by atoms with E-state index in [1.807, 2.05) is 0 Å². The van der Waals surface area contributed by atoms with Gasteiger partial charge in [0.25, 0.3) is 0 Å². The highest BCUT2D eigenvalue weighted by molar-refractivity contribution is 5.74. The number of nitrogens with two attached hydrogens (primary N) is 1. The van der Waals surface area contributed by atoms with Crippen LogP contribution in [-0.2, 0) is 0 Å². The lowest BCUT2D eigenvalue weighted by Gasteiger charge is -2.21. The Morgan fingerprint density at radius 3 is 2.53 bits per heavy atom. The van der Waals surface area contributed by atoms with Gasteiger partial charge in [0.1, 0.15) is 0 Å². The van der Waals surface area contributed by atoms with Crippen LogP contribution in [-0.4, -0.2) is 25.2 Å². The second-order valence-electron chi connectivity index (χ2n) is 4.18. The van der Waals surface area contributed by atoms with Gasteiger partial charge in [-0.05, 0) is 25.3 Å². The molecule has 0 heterocycles. The average molecular weight is 215 g/mol. The van der Waals surface area contributed by atoms with Crippen molar-refractivity contribution < 1.29 is 4.79 Å². The Morgan fingerprint density at radius 1 is 1.40 bits per heavy atom. The monoisotopic (exact) mass is 215 g/mol. The number of hydrogen-bond acceptors (Lipinski definition) is 2. The SMILES string of the molecule is CCCCNC(=O)NC(CCN)C(C)C. The maximum Gasteiger partial charge on any atom is 0.315 e. The number of nitrogens with one attached hydrogen (secondary N) is 2. The first-order chi connectivity index (χ1) is 7.11. The summed E-state index contributed by atoms with van der Waals surface area (Å²) in [6.07, 6.45) is 2.95. The molecule has 1 atom stereocenters. The minimum atomic E-state index is -0.0735. The predicted octanol–water partition coefficient (Wildman–Crippen LogP) is 1.46. The van der Waals surface area contributed by atoms with Crippen LogP contribution in [0.25, 0.3) is 0 Å². The lowest BCUT2D eigenvalue weighted by Crippen LogP contribution is -2.45. The van der Waals surface area contributed by atoms with Gasteiger partial charge in [0, 0.05) is 12.6 Å². The number of carbonyl (C=O) groups excluding carboxylic acids is 1. The highest BCUT2D eigenvalue weighted by atomic mass is 16.2. The lowest BCUT2D eigenvalue weighted by atomic mass is 10.0. The van der Waals surface area contributed by atoms with E-state index in [0.717, 1.165) is 25.8 Å². The van der Waals surface area contributed by atoms with Gasteiger partial charge < -0.3 is 16.4 Å². The van der Waals surface area contributed by atoms with Crippen LogP contribution in [0.15, 0.2) is 0 Å². The van der Waals surface area contributed by atoms with Crippen molar-refractivity contribution in [1.82, 2.24) is 10.6 Å². The van der Waals surface area contributed by atoms with Crippen molar-refractivity contribution in [2.24, 2.45) is 11.7 Å². The van der Waals surface area contributed by atoms with Gasteiger partial charge in [-0.15, -0.1) is 0 Å². The largest absolute Gasteiger partial charge is 0.338 e. The van der Waals surface area contributed by atoms with Gasteiger partial charge in [-0.2, -0.15) is 0 Å². The van der Waals surface area contributed by atoms with E-state index in [0.29, 0.717) is 12.5 Å². The molecule has 90 valence electrons. The standard InChI is InChI=1S/C11H25N3O/c1-4-5-8-13-11(15)14-10(6-7-12)9(2)3/h9-10H,4-8,12H2,1-3H3,(H2,13,14,15). The highest BCUT2D eigenvalue weighted by Crippen LogP contribution is 2.04. The van der Waals surface area contributed by atoms with Crippen molar-refractivity contribution >= 4 is 6.03 Å². The zero-order valence-corrected chi connectivity index (χ0v) is 10.2. The van der Waals surface area contributed by atoms with Crippen LogP contribution in [0.3, 0.4) is 0 Å². The Kier molecular flexibility index (Phi) is 8.09. The minimum Gasteiger partial charge on any atom is -0.338 e. The van der Waals surface area contributed by atoms with Gasteiger partial charge in [0.05, 0.1) is 0 Å². The Hall–Kier alpha value is -0.770. The van der Waals surface area contributed by atoms with Crippen LogP contribution in [0.1, 0.15) is 40.0 Å². The number of amides is 2. The summed E-state index contributed by atoms with van der Waals surface area (Å²) >= 11 is 0. The smallest absolute Gasteiger partial charge is 0.315 e. The molecule has 4 nitrogen and oxygen atoms in total. The first-order valence-electron chi connectivity index (χ1n) is 5.86. The van der Waals surface area contributed by atoms with Crippen molar-refractivity contribution in [2.45, 2.75) is 46.1 Å². The third-order valence-electron chi connectivity index (χ3n) is 2.41. The molecule has 0 aliphatic heterocycles. The van der Waals surface area contributed by atoms with Crippen molar-refractivity contribution in [3.63, 3.8) is 0 Å². The molecule has 15 heavy (non-hydrogen) atoms. The van der Waals surface area contributed by atoms with Crippen LogP contribution in [0.2, 0.25) is 0 Å². The second-order valence-corrected chi connectivity index (χ2v) is 4.18. The van der Waals surface area contributed by atoms with E-state index in [4.69, 9.17) is 5.73 Å². The molecule has 4 heteroatoms. The average Bonchev–Trinajstić information content (AvgIpc) is 2.17. The maximum absolute atomic E-state index is 11.4. The van der Waals surface area contributed by atoms with Gasteiger partial charge >= 0.3 is 6.03 Å². The second kappa shape index (κ2) is 8.53. The van der Waals surface area contributed by atoms with Gasteiger partial charge in [-0.1, -0.05) is 27.2 Å². The number of carbonyl (C=O) groups is 1. The van der Waals surface area contributed by atoms with E-state index in [9.17, 15) is 4.79 Å². The maximum atomic E-state index is 11.4. The summed E-state index contributed by atoms with van der Waals surface area (Å²) in [5.74, 6) is 0.422. The third-order valence-corrected chi connectivity index (χ3v) is 2.41.